The van der Waals surface area contributed by atoms with Crippen molar-refractivity contribution >= 4 is 5.91 Å². The van der Waals surface area contributed by atoms with Crippen molar-refractivity contribution in [2.45, 2.75) is 13.1 Å². The van der Waals surface area contributed by atoms with E-state index in [4.69, 9.17) is 0 Å². The van der Waals surface area contributed by atoms with Gasteiger partial charge < -0.3 is 10.2 Å². The van der Waals surface area contributed by atoms with Gasteiger partial charge >= 0.3 is 0 Å². The van der Waals surface area contributed by atoms with E-state index in [1.54, 1.807) is 18.2 Å². The van der Waals surface area contributed by atoms with E-state index < -0.39 is 0 Å². The number of hydrogen-bond acceptors (Lipinski definition) is 1. The second kappa shape index (κ2) is 7.55. The van der Waals surface area contributed by atoms with Crippen LogP contribution in [0.25, 0.3) is 0 Å². The Morgan fingerprint density at radius 1 is 1.10 bits per heavy atom. The van der Waals surface area contributed by atoms with Gasteiger partial charge in [0, 0.05) is 12.1 Å². The standard InChI is InChI=1S/C17H19FN2O/c1-20(12-15-9-5-6-10-16(15)18)13-17(21)19-11-14-7-3-2-4-8-14/h2-10H,11-13H2,1H3,(H,19,21)/p+1. The van der Waals surface area contributed by atoms with Crippen LogP contribution < -0.4 is 10.2 Å². The molecule has 1 atom stereocenters. The van der Waals surface area contributed by atoms with Crippen molar-refractivity contribution in [1.82, 2.24) is 5.32 Å². The Labute approximate surface area is 124 Å². The minimum absolute atomic E-state index is 0.0345. The molecule has 0 bridgehead atoms. The number of quaternary nitrogens is 1. The number of halogens is 1. The highest BCUT2D eigenvalue weighted by Gasteiger charge is 2.12. The Balaban J connectivity index is 1.78. The molecule has 2 aromatic carbocycles. The molecule has 3 nitrogen and oxygen atoms in total. The van der Waals surface area contributed by atoms with E-state index in [1.165, 1.54) is 6.07 Å². The number of nitrogens with one attached hydrogen (secondary N) is 2. The molecule has 0 saturated heterocycles. The molecule has 2 aromatic rings. The number of carbonyl (C=O) groups is 1. The van der Waals surface area contributed by atoms with Crippen LogP contribution in [-0.2, 0) is 17.9 Å². The molecule has 21 heavy (non-hydrogen) atoms. The minimum atomic E-state index is -0.221. The van der Waals surface area contributed by atoms with E-state index in [9.17, 15) is 9.18 Å². The monoisotopic (exact) mass is 287 g/mol. The molecule has 4 heteroatoms. The molecule has 110 valence electrons. The van der Waals surface area contributed by atoms with Crippen molar-refractivity contribution in [2.75, 3.05) is 13.6 Å². The van der Waals surface area contributed by atoms with Crippen LogP contribution in [0.15, 0.2) is 54.6 Å². The summed E-state index contributed by atoms with van der Waals surface area (Å²) < 4.78 is 13.5. The van der Waals surface area contributed by atoms with Crippen molar-refractivity contribution in [2.24, 2.45) is 0 Å². The lowest BCUT2D eigenvalue weighted by molar-refractivity contribution is -0.885. The summed E-state index contributed by atoms with van der Waals surface area (Å²) in [5.41, 5.74) is 1.70. The van der Waals surface area contributed by atoms with Crippen LogP contribution in [0.1, 0.15) is 11.1 Å². The Kier molecular flexibility index (Phi) is 5.46. The third-order valence-corrected chi connectivity index (χ3v) is 3.24. The third-order valence-electron chi connectivity index (χ3n) is 3.24. The summed E-state index contributed by atoms with van der Waals surface area (Å²) in [6, 6.07) is 16.4. The van der Waals surface area contributed by atoms with Gasteiger partial charge in [0.25, 0.3) is 5.91 Å². The predicted molar refractivity (Wildman–Crippen MR) is 80.1 cm³/mol. The summed E-state index contributed by atoms with van der Waals surface area (Å²) in [7, 11) is 1.88. The predicted octanol–water partition coefficient (Wildman–Crippen LogP) is 1.16. The Hall–Kier alpha value is -2.20. The van der Waals surface area contributed by atoms with Crippen LogP contribution in [0.2, 0.25) is 0 Å². The summed E-state index contributed by atoms with van der Waals surface area (Å²) in [4.78, 5) is 12.8. The highest BCUT2D eigenvalue weighted by molar-refractivity contribution is 5.76. The molecule has 1 amide bonds. The highest BCUT2D eigenvalue weighted by atomic mass is 19.1. The zero-order valence-corrected chi connectivity index (χ0v) is 12.1. The molecular weight excluding hydrogens is 267 g/mol. The second-order valence-electron chi connectivity index (χ2n) is 5.16. The summed E-state index contributed by atoms with van der Waals surface area (Å²) in [5.74, 6) is -0.255. The molecule has 0 heterocycles. The quantitative estimate of drug-likeness (QED) is 0.821. The van der Waals surface area contributed by atoms with Gasteiger partial charge in [-0.3, -0.25) is 4.79 Å². The number of amides is 1. The summed E-state index contributed by atoms with van der Waals surface area (Å²) >= 11 is 0. The SMILES string of the molecule is C[NH+](CC(=O)NCc1ccccc1)Cc1ccccc1F. The summed E-state index contributed by atoms with van der Waals surface area (Å²) in [6.45, 7) is 1.33. The molecular formula is C17H20FN2O+. The number of carbonyl (C=O) groups excluding carboxylic acids is 1. The van der Waals surface area contributed by atoms with Crippen LogP contribution in [-0.4, -0.2) is 19.5 Å². The van der Waals surface area contributed by atoms with E-state index in [0.717, 1.165) is 10.5 Å². The van der Waals surface area contributed by atoms with Crippen molar-refractivity contribution < 1.29 is 14.1 Å². The second-order valence-corrected chi connectivity index (χ2v) is 5.16. The van der Waals surface area contributed by atoms with Crippen LogP contribution in [0, 0.1) is 5.82 Å². The Morgan fingerprint density at radius 2 is 1.76 bits per heavy atom. The van der Waals surface area contributed by atoms with Gasteiger partial charge in [-0.15, -0.1) is 0 Å². The fraction of sp³-hybridized carbons (Fsp3) is 0.235. The first-order chi connectivity index (χ1) is 10.1. The maximum atomic E-state index is 13.5. The maximum absolute atomic E-state index is 13.5. The van der Waals surface area contributed by atoms with Crippen LogP contribution >= 0.6 is 0 Å². The van der Waals surface area contributed by atoms with Crippen molar-refractivity contribution in [1.29, 1.82) is 0 Å². The lowest BCUT2D eigenvalue weighted by atomic mass is 10.2. The van der Waals surface area contributed by atoms with E-state index in [2.05, 4.69) is 5.32 Å². The molecule has 0 aliphatic rings. The zero-order chi connectivity index (χ0) is 15.1. The van der Waals surface area contributed by atoms with Crippen molar-refractivity contribution in [3.8, 4) is 0 Å². The largest absolute Gasteiger partial charge is 0.347 e. The Bertz CT molecular complexity index is 586. The van der Waals surface area contributed by atoms with Gasteiger partial charge in [0.15, 0.2) is 6.54 Å². The van der Waals surface area contributed by atoms with E-state index in [1.807, 2.05) is 37.4 Å². The molecule has 0 spiro atoms. The fourth-order valence-electron chi connectivity index (χ4n) is 2.16. The van der Waals surface area contributed by atoms with E-state index in [-0.39, 0.29) is 11.7 Å². The van der Waals surface area contributed by atoms with Gasteiger partial charge in [0.1, 0.15) is 12.4 Å². The third kappa shape index (κ3) is 5.00. The summed E-state index contributed by atoms with van der Waals surface area (Å²) in [6.07, 6.45) is 0. The van der Waals surface area contributed by atoms with Gasteiger partial charge in [-0.1, -0.05) is 48.5 Å². The molecule has 1 unspecified atom stereocenters. The van der Waals surface area contributed by atoms with Gasteiger partial charge in [-0.2, -0.15) is 0 Å². The first-order valence-corrected chi connectivity index (χ1v) is 7.00. The topological polar surface area (TPSA) is 33.5 Å². The smallest absolute Gasteiger partial charge is 0.275 e. The molecule has 2 N–H and O–H groups in total. The molecule has 0 radical (unpaired) electrons. The lowest BCUT2D eigenvalue weighted by Gasteiger charge is -2.14. The lowest BCUT2D eigenvalue weighted by Crippen LogP contribution is -3.09. The average molecular weight is 287 g/mol. The van der Waals surface area contributed by atoms with Gasteiger partial charge in [-0.25, -0.2) is 4.39 Å². The zero-order valence-electron chi connectivity index (χ0n) is 12.1. The molecule has 0 fully saturated rings. The maximum Gasteiger partial charge on any atom is 0.275 e. The molecule has 0 aromatic heterocycles. The average Bonchev–Trinajstić information content (AvgIpc) is 2.48. The fourth-order valence-corrected chi connectivity index (χ4v) is 2.16. The number of benzene rings is 2. The van der Waals surface area contributed by atoms with Crippen LogP contribution in [0.3, 0.4) is 0 Å². The number of rotatable bonds is 6. The summed E-state index contributed by atoms with van der Waals surface area (Å²) in [5, 5.41) is 2.88. The Morgan fingerprint density at radius 3 is 2.48 bits per heavy atom. The number of likely N-dealkylation sites (N-methyl/N-ethyl adjacent to an activating group) is 1. The molecule has 0 aliphatic carbocycles. The van der Waals surface area contributed by atoms with E-state index >= 15 is 0 Å². The highest BCUT2D eigenvalue weighted by Crippen LogP contribution is 2.03. The van der Waals surface area contributed by atoms with Gasteiger partial charge in [0.05, 0.1) is 7.05 Å². The molecule has 0 saturated carbocycles. The molecule has 2 rings (SSSR count). The van der Waals surface area contributed by atoms with E-state index in [0.29, 0.717) is 25.2 Å². The van der Waals surface area contributed by atoms with Gasteiger partial charge in [0.2, 0.25) is 0 Å². The first kappa shape index (κ1) is 15.2. The first-order valence-electron chi connectivity index (χ1n) is 7.00. The van der Waals surface area contributed by atoms with Crippen molar-refractivity contribution in [3.05, 3.63) is 71.5 Å². The van der Waals surface area contributed by atoms with Crippen LogP contribution in [0.5, 0.6) is 0 Å². The van der Waals surface area contributed by atoms with Crippen molar-refractivity contribution in [3.63, 3.8) is 0 Å². The normalized spacial score (nSPS) is 11.9. The molecule has 0 aliphatic heterocycles. The van der Waals surface area contributed by atoms with Gasteiger partial charge in [-0.05, 0) is 11.6 Å². The van der Waals surface area contributed by atoms with Crippen LogP contribution in [0.4, 0.5) is 4.39 Å². The minimum Gasteiger partial charge on any atom is -0.347 e. The number of hydrogen-bond donors (Lipinski definition) is 2.